The van der Waals surface area contributed by atoms with Gasteiger partial charge in [-0.25, -0.2) is 0 Å². The maximum atomic E-state index is 8.74. The first-order valence-electron chi connectivity index (χ1n) is 2.70. The van der Waals surface area contributed by atoms with Crippen molar-refractivity contribution in [2.45, 2.75) is 0 Å². The van der Waals surface area contributed by atoms with Crippen molar-refractivity contribution in [3.63, 3.8) is 0 Å². The van der Waals surface area contributed by atoms with Gasteiger partial charge in [0.25, 0.3) is 0 Å². The van der Waals surface area contributed by atoms with Crippen LogP contribution in [0.25, 0.3) is 0 Å². The second-order valence-electron chi connectivity index (χ2n) is 1.67. The Kier molecular flexibility index (Phi) is 26.2. The Hall–Kier alpha value is 0.519. The van der Waals surface area contributed by atoms with Crippen molar-refractivity contribution in [1.82, 2.24) is 0 Å². The van der Waals surface area contributed by atoms with E-state index in [-0.39, 0.29) is 34.1 Å². The second-order valence-corrected chi connectivity index (χ2v) is 5.02. The van der Waals surface area contributed by atoms with Crippen LogP contribution >= 0.6 is 0 Å². The van der Waals surface area contributed by atoms with Gasteiger partial charge in [0.05, 0.1) is 0 Å². The third-order valence-corrected chi connectivity index (χ3v) is 0. The largest absolute Gasteiger partial charge is 3.00 e. The van der Waals surface area contributed by atoms with Crippen LogP contribution in [0.3, 0.4) is 0 Å². The molecule has 2 N–H and O–H groups in total. The number of rotatable bonds is 0. The van der Waals surface area contributed by atoms with Crippen LogP contribution in [0.5, 0.6) is 0 Å². The zero-order chi connectivity index (χ0) is 18.0. The number of hydrogen-bond acceptors (Lipinski definition) is 14. The van der Waals surface area contributed by atoms with E-state index in [1.807, 2.05) is 0 Å². The van der Waals surface area contributed by atoms with E-state index in [1.54, 1.807) is 0 Å². The molecule has 16 nitrogen and oxygen atoms in total. The maximum Gasteiger partial charge on any atom is 3.00 e. The molecule has 138 valence electrons. The molecule has 22 heteroatoms. The zero-order valence-electron chi connectivity index (χ0n) is 8.95. The average Bonchev–Trinajstić information content (AvgIpc) is 1.62. The molecule has 0 aliphatic heterocycles. The Morgan fingerprint density at radius 3 is 0.455 bits per heavy atom. The quantitative estimate of drug-likeness (QED) is 0.180. The summed E-state index contributed by atoms with van der Waals surface area (Å²) in [4.78, 5) is 0. The Morgan fingerprint density at radius 2 is 0.455 bits per heavy atom. The molecule has 22 heavy (non-hydrogen) atoms. The Morgan fingerprint density at radius 1 is 0.455 bits per heavy atom. The minimum atomic E-state index is -5.17. The van der Waals surface area contributed by atoms with Crippen LogP contribution in [0.15, 0.2) is 0 Å². The summed E-state index contributed by atoms with van der Waals surface area (Å²) in [5.74, 6) is 0. The van der Waals surface area contributed by atoms with E-state index in [9.17, 15) is 0 Å². The Balaban J connectivity index is -0.0000000376. The van der Waals surface area contributed by atoms with Crippen LogP contribution in [-0.4, -0.2) is 70.1 Å². The topological polar surface area (TPSA) is 315 Å². The first-order valence-corrected chi connectivity index (χ1v) is 8.10. The summed E-state index contributed by atoms with van der Waals surface area (Å²) >= 11 is 0. The monoisotopic (exact) mass is 498 g/mol. The third kappa shape index (κ3) is 29000. The minimum absolute atomic E-state index is 0. The van der Waals surface area contributed by atoms with E-state index in [0.29, 0.717) is 0 Å². The molecule has 0 atom stereocenters. The standard InChI is InChI=1S/2Fe.4H2O4S/c;;4*1-5(2,3)4/h;;4*(H2,1,2,3,4)/q2*+3;;;;/p-6. The predicted octanol–water partition coefficient (Wildman–Crippen LogP) is -4.67. The van der Waals surface area contributed by atoms with Gasteiger partial charge in [0, 0.05) is 31.2 Å². The van der Waals surface area contributed by atoms with Crippen molar-refractivity contribution in [2.24, 2.45) is 0 Å². The normalized spacial score (nSPS) is 10.5. The fourth-order valence-corrected chi connectivity index (χ4v) is 0. The molecular formula is H2Fe2O16S4. The van der Waals surface area contributed by atoms with Gasteiger partial charge >= 0.3 is 44.5 Å². The summed E-state index contributed by atoms with van der Waals surface area (Å²) in [5, 5.41) is 0. The molecule has 0 saturated heterocycles. The Labute approximate surface area is 145 Å². The van der Waals surface area contributed by atoms with Crippen molar-refractivity contribution < 1.29 is 104 Å². The molecule has 0 unspecified atom stereocenters. The molecule has 0 aromatic rings. The molecule has 0 spiro atoms. The van der Waals surface area contributed by atoms with Crippen molar-refractivity contribution in [2.75, 3.05) is 0 Å². The summed E-state index contributed by atoms with van der Waals surface area (Å²) in [6.45, 7) is 0. The fourth-order valence-electron chi connectivity index (χ4n) is 0. The van der Waals surface area contributed by atoms with Gasteiger partial charge in [0.15, 0.2) is 0 Å². The van der Waals surface area contributed by atoms with E-state index in [2.05, 4.69) is 0 Å². The van der Waals surface area contributed by atoms with E-state index in [1.165, 1.54) is 0 Å². The molecule has 0 aromatic carbocycles. The van der Waals surface area contributed by atoms with E-state index < -0.39 is 41.6 Å². The smallest absolute Gasteiger partial charge is 0.759 e. The summed E-state index contributed by atoms with van der Waals surface area (Å²) in [6.07, 6.45) is 0. The van der Waals surface area contributed by atoms with Crippen LogP contribution in [0.4, 0.5) is 0 Å². The third-order valence-electron chi connectivity index (χ3n) is 0. The molecule has 0 rings (SSSR count). The average molecular weight is 498 g/mol. The molecule has 2 radical (unpaired) electrons. The molecule has 0 amide bonds. The van der Waals surface area contributed by atoms with Gasteiger partial charge in [0.1, 0.15) is 0 Å². The van der Waals surface area contributed by atoms with E-state index in [0.717, 1.165) is 0 Å². The molecule has 0 aliphatic carbocycles. The SMILES string of the molecule is O=S(=O)(O)O.O=S(=O)([O-])[O-].O=S(=O)([O-])[O-].O=S(=O)([O-])[O-].[Fe+3].[Fe+3]. The summed E-state index contributed by atoms with van der Waals surface area (Å²) in [7, 11) is -20.2. The van der Waals surface area contributed by atoms with Crippen LogP contribution in [0.1, 0.15) is 0 Å². The fraction of sp³-hybridized carbons (Fsp3) is 0. The first-order chi connectivity index (χ1) is 8.00. The molecule has 0 saturated carbocycles. The minimum Gasteiger partial charge on any atom is -0.759 e. The van der Waals surface area contributed by atoms with Crippen molar-refractivity contribution in [3.05, 3.63) is 0 Å². The van der Waals surface area contributed by atoms with Gasteiger partial charge < -0.3 is 27.3 Å². The molecular weight excluding hydrogens is 496 g/mol. The molecule has 0 aliphatic rings. The predicted molar refractivity (Wildman–Crippen MR) is 45.6 cm³/mol. The molecule has 0 heterocycles. The van der Waals surface area contributed by atoms with Crippen LogP contribution in [0, 0.1) is 0 Å². The van der Waals surface area contributed by atoms with Crippen molar-refractivity contribution >= 4 is 41.6 Å². The van der Waals surface area contributed by atoms with Crippen molar-refractivity contribution in [1.29, 1.82) is 0 Å². The van der Waals surface area contributed by atoms with Gasteiger partial charge in [0.2, 0.25) is 0 Å². The second kappa shape index (κ2) is 15.1. The van der Waals surface area contributed by atoms with Crippen LogP contribution in [0.2, 0.25) is 0 Å². The van der Waals surface area contributed by atoms with Gasteiger partial charge in [-0.05, 0) is 0 Å². The van der Waals surface area contributed by atoms with Gasteiger partial charge in [-0.2, -0.15) is 8.42 Å². The van der Waals surface area contributed by atoms with E-state index >= 15 is 0 Å². The van der Waals surface area contributed by atoms with Gasteiger partial charge in [-0.1, -0.05) is 0 Å². The molecule has 0 bridgehead atoms. The maximum absolute atomic E-state index is 8.74. The first kappa shape index (κ1) is 38.2. The molecule has 0 fully saturated rings. The van der Waals surface area contributed by atoms with E-state index in [4.69, 9.17) is 70.1 Å². The summed E-state index contributed by atoms with van der Waals surface area (Å²) in [6, 6.07) is 0. The summed E-state index contributed by atoms with van der Waals surface area (Å²) in [5.41, 5.74) is 0. The molecule has 0 aromatic heterocycles. The van der Waals surface area contributed by atoms with Gasteiger partial charge in [-0.15, -0.1) is 0 Å². The van der Waals surface area contributed by atoms with Gasteiger partial charge in [-0.3, -0.25) is 34.4 Å². The summed E-state index contributed by atoms with van der Waals surface area (Å²) < 4.78 is 134. The van der Waals surface area contributed by atoms with Crippen LogP contribution < -0.4 is 0 Å². The van der Waals surface area contributed by atoms with Crippen molar-refractivity contribution in [3.8, 4) is 0 Å². The van der Waals surface area contributed by atoms with Crippen LogP contribution in [-0.2, 0) is 75.7 Å². The zero-order valence-corrected chi connectivity index (χ0v) is 14.4. The Bertz CT molecular complexity index is 477. The number of hydrogen-bond donors (Lipinski definition) is 2.